The maximum Gasteiger partial charge on any atom is 0.248 e. The number of rotatable bonds is 3. The second-order valence-electron chi connectivity index (χ2n) is 4.19. The Morgan fingerprint density at radius 1 is 1.33 bits per heavy atom. The van der Waals surface area contributed by atoms with Gasteiger partial charge in [-0.15, -0.1) is 0 Å². The Labute approximate surface area is 106 Å². The zero-order valence-corrected chi connectivity index (χ0v) is 10.3. The predicted octanol–water partition coefficient (Wildman–Crippen LogP) is 2.33. The first-order chi connectivity index (χ1) is 8.70. The van der Waals surface area contributed by atoms with Crippen LogP contribution in [0.2, 0.25) is 0 Å². The first-order valence-corrected chi connectivity index (χ1v) is 6.05. The summed E-state index contributed by atoms with van der Waals surface area (Å²) in [6.07, 6.45) is 4.70. The van der Waals surface area contributed by atoms with Gasteiger partial charge in [0.15, 0.2) is 0 Å². The molecule has 0 atom stereocenters. The van der Waals surface area contributed by atoms with Crippen LogP contribution in [0.15, 0.2) is 36.4 Å². The number of hydrogen-bond donors (Lipinski definition) is 1. The number of nitrogens with zero attached hydrogens (tertiary/aromatic N) is 1. The van der Waals surface area contributed by atoms with E-state index in [4.69, 9.17) is 0 Å². The summed E-state index contributed by atoms with van der Waals surface area (Å²) in [5, 5.41) is 2.74. The summed E-state index contributed by atoms with van der Waals surface area (Å²) in [4.78, 5) is 24.7. The summed E-state index contributed by atoms with van der Waals surface area (Å²) in [5.41, 5.74) is 1.62. The molecule has 2 rings (SSSR count). The SMILES string of the molecule is C/C=C/C(=O)Nc1ccc(N2CCCC2=O)cc1. The first-order valence-electron chi connectivity index (χ1n) is 6.05. The third kappa shape index (κ3) is 2.77. The normalized spacial score (nSPS) is 15.4. The van der Waals surface area contributed by atoms with Crippen LogP contribution < -0.4 is 10.2 Å². The fraction of sp³-hybridized carbons (Fsp3) is 0.286. The molecule has 1 saturated heterocycles. The summed E-state index contributed by atoms with van der Waals surface area (Å²) in [6, 6.07) is 7.33. The molecule has 1 heterocycles. The van der Waals surface area contributed by atoms with E-state index in [0.29, 0.717) is 6.42 Å². The lowest BCUT2D eigenvalue weighted by Gasteiger charge is -2.15. The molecule has 1 aromatic carbocycles. The van der Waals surface area contributed by atoms with Crippen LogP contribution in [0, 0.1) is 0 Å². The van der Waals surface area contributed by atoms with Gasteiger partial charge in [0.25, 0.3) is 0 Å². The molecule has 94 valence electrons. The molecule has 0 aliphatic carbocycles. The van der Waals surface area contributed by atoms with Crippen LogP contribution in [-0.4, -0.2) is 18.4 Å². The van der Waals surface area contributed by atoms with Crippen LogP contribution in [0.5, 0.6) is 0 Å². The van der Waals surface area contributed by atoms with Crippen LogP contribution in [0.1, 0.15) is 19.8 Å². The molecule has 4 nitrogen and oxygen atoms in total. The van der Waals surface area contributed by atoms with E-state index >= 15 is 0 Å². The minimum atomic E-state index is -0.150. The van der Waals surface area contributed by atoms with Gasteiger partial charge in [-0.1, -0.05) is 6.08 Å². The molecule has 4 heteroatoms. The molecule has 0 unspecified atom stereocenters. The lowest BCUT2D eigenvalue weighted by Crippen LogP contribution is -2.23. The molecule has 0 radical (unpaired) electrons. The molecular formula is C14H16N2O2. The molecular weight excluding hydrogens is 228 g/mol. The number of nitrogens with one attached hydrogen (secondary N) is 1. The molecule has 0 bridgehead atoms. The highest BCUT2D eigenvalue weighted by Crippen LogP contribution is 2.22. The zero-order chi connectivity index (χ0) is 13.0. The molecule has 18 heavy (non-hydrogen) atoms. The molecule has 0 aromatic heterocycles. The molecule has 1 aliphatic heterocycles. The van der Waals surface area contributed by atoms with Crippen molar-refractivity contribution in [2.75, 3.05) is 16.8 Å². The van der Waals surface area contributed by atoms with E-state index in [1.54, 1.807) is 17.9 Å². The Hall–Kier alpha value is -2.10. The van der Waals surface area contributed by atoms with Crippen molar-refractivity contribution in [1.29, 1.82) is 0 Å². The van der Waals surface area contributed by atoms with Crippen LogP contribution in [-0.2, 0) is 9.59 Å². The van der Waals surface area contributed by atoms with E-state index in [1.807, 2.05) is 24.3 Å². The van der Waals surface area contributed by atoms with Gasteiger partial charge in [-0.25, -0.2) is 0 Å². The van der Waals surface area contributed by atoms with Gasteiger partial charge in [-0.3, -0.25) is 9.59 Å². The Bertz CT molecular complexity index is 477. The number of amides is 2. The number of allylic oxidation sites excluding steroid dienone is 1. The minimum absolute atomic E-state index is 0.150. The number of hydrogen-bond acceptors (Lipinski definition) is 2. The van der Waals surface area contributed by atoms with Crippen molar-refractivity contribution in [3.05, 3.63) is 36.4 Å². The number of carbonyl (C=O) groups is 2. The Balaban J connectivity index is 2.05. The fourth-order valence-corrected chi connectivity index (χ4v) is 1.98. The molecule has 1 aromatic rings. The minimum Gasteiger partial charge on any atom is -0.323 e. The maximum absolute atomic E-state index is 11.6. The van der Waals surface area contributed by atoms with Gasteiger partial charge >= 0.3 is 0 Å². The molecule has 1 N–H and O–H groups in total. The molecule has 1 fully saturated rings. The van der Waals surface area contributed by atoms with Crippen molar-refractivity contribution in [2.45, 2.75) is 19.8 Å². The largest absolute Gasteiger partial charge is 0.323 e. The summed E-state index contributed by atoms with van der Waals surface area (Å²) >= 11 is 0. The zero-order valence-electron chi connectivity index (χ0n) is 10.3. The monoisotopic (exact) mass is 244 g/mol. The van der Waals surface area contributed by atoms with E-state index in [0.717, 1.165) is 24.3 Å². The Kier molecular flexibility index (Phi) is 3.77. The van der Waals surface area contributed by atoms with Crippen LogP contribution in [0.25, 0.3) is 0 Å². The third-order valence-corrected chi connectivity index (χ3v) is 2.84. The highest BCUT2D eigenvalue weighted by Gasteiger charge is 2.21. The van der Waals surface area contributed by atoms with Crippen molar-refractivity contribution in [1.82, 2.24) is 0 Å². The summed E-state index contributed by atoms with van der Waals surface area (Å²) in [6.45, 7) is 2.57. The highest BCUT2D eigenvalue weighted by atomic mass is 16.2. The van der Waals surface area contributed by atoms with Gasteiger partial charge in [0.2, 0.25) is 11.8 Å². The average Bonchev–Trinajstić information content (AvgIpc) is 2.77. The summed E-state index contributed by atoms with van der Waals surface area (Å²) in [7, 11) is 0. The molecule has 0 saturated carbocycles. The third-order valence-electron chi connectivity index (χ3n) is 2.84. The van der Waals surface area contributed by atoms with Crippen molar-refractivity contribution < 1.29 is 9.59 Å². The van der Waals surface area contributed by atoms with Gasteiger partial charge in [-0.05, 0) is 43.7 Å². The fourth-order valence-electron chi connectivity index (χ4n) is 1.98. The van der Waals surface area contributed by atoms with Crippen molar-refractivity contribution in [3.8, 4) is 0 Å². The topological polar surface area (TPSA) is 49.4 Å². The Morgan fingerprint density at radius 3 is 2.61 bits per heavy atom. The number of carbonyl (C=O) groups excluding carboxylic acids is 2. The van der Waals surface area contributed by atoms with Crippen molar-refractivity contribution in [2.24, 2.45) is 0 Å². The second-order valence-corrected chi connectivity index (χ2v) is 4.19. The van der Waals surface area contributed by atoms with Crippen LogP contribution in [0.3, 0.4) is 0 Å². The van der Waals surface area contributed by atoms with Crippen LogP contribution in [0.4, 0.5) is 11.4 Å². The predicted molar refractivity (Wildman–Crippen MR) is 71.5 cm³/mol. The smallest absolute Gasteiger partial charge is 0.248 e. The van der Waals surface area contributed by atoms with E-state index < -0.39 is 0 Å². The van der Waals surface area contributed by atoms with E-state index in [-0.39, 0.29) is 11.8 Å². The number of benzene rings is 1. The lowest BCUT2D eigenvalue weighted by molar-refractivity contribution is -0.117. The molecule has 1 aliphatic rings. The van der Waals surface area contributed by atoms with Crippen molar-refractivity contribution >= 4 is 23.2 Å². The summed E-state index contributed by atoms with van der Waals surface area (Å²) < 4.78 is 0. The van der Waals surface area contributed by atoms with E-state index in [9.17, 15) is 9.59 Å². The average molecular weight is 244 g/mol. The quantitative estimate of drug-likeness (QED) is 0.829. The van der Waals surface area contributed by atoms with E-state index in [2.05, 4.69) is 5.32 Å². The molecule has 2 amide bonds. The number of anilines is 2. The van der Waals surface area contributed by atoms with Crippen LogP contribution >= 0.6 is 0 Å². The van der Waals surface area contributed by atoms with Gasteiger partial charge in [-0.2, -0.15) is 0 Å². The lowest BCUT2D eigenvalue weighted by atomic mass is 10.2. The van der Waals surface area contributed by atoms with Gasteiger partial charge in [0.1, 0.15) is 0 Å². The van der Waals surface area contributed by atoms with Gasteiger partial charge in [0, 0.05) is 24.3 Å². The standard InChI is InChI=1S/C14H16N2O2/c1-2-4-13(17)15-11-6-8-12(9-7-11)16-10-3-5-14(16)18/h2,4,6-9H,3,5,10H2,1H3,(H,15,17)/b4-2+. The summed E-state index contributed by atoms with van der Waals surface area (Å²) in [5.74, 6) is 0.0169. The van der Waals surface area contributed by atoms with Gasteiger partial charge < -0.3 is 10.2 Å². The Morgan fingerprint density at radius 2 is 2.06 bits per heavy atom. The molecule has 0 spiro atoms. The first kappa shape index (κ1) is 12.4. The maximum atomic E-state index is 11.6. The van der Waals surface area contributed by atoms with E-state index in [1.165, 1.54) is 6.08 Å². The van der Waals surface area contributed by atoms with Gasteiger partial charge in [0.05, 0.1) is 0 Å². The highest BCUT2D eigenvalue weighted by molar-refractivity contribution is 5.99. The van der Waals surface area contributed by atoms with Crippen molar-refractivity contribution in [3.63, 3.8) is 0 Å². The second kappa shape index (κ2) is 5.49.